The zero-order valence-electron chi connectivity index (χ0n) is 11.4. The molecule has 2 bridgehead atoms. The van der Waals surface area contributed by atoms with E-state index in [1.807, 2.05) is 12.2 Å². The van der Waals surface area contributed by atoms with Gasteiger partial charge in [0.15, 0.2) is 0 Å². The first-order valence-corrected chi connectivity index (χ1v) is 7.02. The number of carboxylic acid groups (broad SMARTS) is 1. The van der Waals surface area contributed by atoms with Gasteiger partial charge >= 0.3 is 5.97 Å². The van der Waals surface area contributed by atoms with Crippen LogP contribution in [0.3, 0.4) is 0 Å². The molecule has 0 spiro atoms. The van der Waals surface area contributed by atoms with Crippen LogP contribution in [0, 0.1) is 23.7 Å². The van der Waals surface area contributed by atoms with Crippen molar-refractivity contribution < 1.29 is 19.8 Å². The summed E-state index contributed by atoms with van der Waals surface area (Å²) in [6.45, 7) is -0.0491. The molecule has 3 N–H and O–H groups in total. The van der Waals surface area contributed by atoms with Gasteiger partial charge in [0.05, 0.1) is 18.4 Å². The van der Waals surface area contributed by atoms with Crippen molar-refractivity contribution >= 4 is 17.6 Å². The number of rotatable bonds is 4. The second kappa shape index (κ2) is 5.33. The number of carboxylic acids is 1. The van der Waals surface area contributed by atoms with E-state index in [4.69, 9.17) is 5.11 Å². The molecule has 2 aliphatic rings. The van der Waals surface area contributed by atoms with Crippen LogP contribution in [0.2, 0.25) is 0 Å². The average Bonchev–Trinajstić information content (AvgIpc) is 3.08. The van der Waals surface area contributed by atoms with E-state index in [1.54, 1.807) is 24.3 Å². The topological polar surface area (TPSA) is 86.6 Å². The number of benzene rings is 1. The van der Waals surface area contributed by atoms with Crippen LogP contribution >= 0.6 is 0 Å². The maximum Gasteiger partial charge on any atom is 0.307 e. The maximum atomic E-state index is 12.4. The second-order valence-corrected chi connectivity index (χ2v) is 5.68. The quantitative estimate of drug-likeness (QED) is 0.735. The second-order valence-electron chi connectivity index (χ2n) is 5.68. The molecule has 110 valence electrons. The van der Waals surface area contributed by atoms with Crippen LogP contribution in [0.25, 0.3) is 0 Å². The fourth-order valence-corrected chi connectivity index (χ4v) is 3.44. The van der Waals surface area contributed by atoms with E-state index in [9.17, 15) is 14.7 Å². The van der Waals surface area contributed by atoms with Crippen molar-refractivity contribution in [3.8, 4) is 0 Å². The highest BCUT2D eigenvalue weighted by atomic mass is 16.4. The SMILES string of the molecule is O=C(O)[C@@H]1C2C=CC(C2)[C@@H]1C(=O)Nc1ccc(CO)cc1. The number of hydrogen-bond donors (Lipinski definition) is 3. The molecule has 1 aromatic carbocycles. The molecule has 2 aliphatic carbocycles. The van der Waals surface area contributed by atoms with Gasteiger partial charge in [0.2, 0.25) is 5.91 Å². The largest absolute Gasteiger partial charge is 0.481 e. The Kier molecular flexibility index (Phi) is 3.51. The third-order valence-corrected chi connectivity index (χ3v) is 4.45. The van der Waals surface area contributed by atoms with Gasteiger partial charge in [-0.3, -0.25) is 9.59 Å². The molecule has 0 aliphatic heterocycles. The lowest BCUT2D eigenvalue weighted by Gasteiger charge is -2.23. The monoisotopic (exact) mass is 287 g/mol. The standard InChI is InChI=1S/C16H17NO4/c18-8-9-1-5-12(6-2-9)17-15(19)13-10-3-4-11(7-10)14(13)16(20)21/h1-6,10-11,13-14,18H,7-8H2,(H,17,19)(H,20,21)/t10?,11?,13-,14+/m0/s1. The summed E-state index contributed by atoms with van der Waals surface area (Å²) in [6, 6.07) is 6.88. The molecule has 5 nitrogen and oxygen atoms in total. The molecule has 0 aromatic heterocycles. The predicted octanol–water partition coefficient (Wildman–Crippen LogP) is 1.64. The summed E-state index contributed by atoms with van der Waals surface area (Å²) in [4.78, 5) is 23.8. The van der Waals surface area contributed by atoms with Crippen LogP contribution in [0.1, 0.15) is 12.0 Å². The van der Waals surface area contributed by atoms with Crippen molar-refractivity contribution in [2.24, 2.45) is 23.7 Å². The van der Waals surface area contributed by atoms with Gasteiger partial charge in [-0.25, -0.2) is 0 Å². The Balaban J connectivity index is 1.75. The highest BCUT2D eigenvalue weighted by Crippen LogP contribution is 2.48. The fraction of sp³-hybridized carbons (Fsp3) is 0.375. The van der Waals surface area contributed by atoms with E-state index in [1.165, 1.54) is 0 Å². The number of aliphatic carboxylic acids is 1. The summed E-state index contributed by atoms with van der Waals surface area (Å²) >= 11 is 0. The van der Waals surface area contributed by atoms with Gasteiger partial charge in [-0.05, 0) is 36.0 Å². The third kappa shape index (κ3) is 2.45. The number of carbonyl (C=O) groups excluding carboxylic acids is 1. The van der Waals surface area contributed by atoms with Crippen LogP contribution in [0.5, 0.6) is 0 Å². The molecule has 0 heterocycles. The molecule has 5 heteroatoms. The Morgan fingerprint density at radius 2 is 1.71 bits per heavy atom. The van der Waals surface area contributed by atoms with Gasteiger partial charge in [-0.1, -0.05) is 24.3 Å². The molecule has 2 unspecified atom stereocenters. The third-order valence-electron chi connectivity index (χ3n) is 4.45. The Labute approximate surface area is 122 Å². The lowest BCUT2D eigenvalue weighted by Crippen LogP contribution is -2.36. The molecule has 0 saturated heterocycles. The lowest BCUT2D eigenvalue weighted by molar-refractivity contribution is -0.146. The molecule has 1 saturated carbocycles. The van der Waals surface area contributed by atoms with Crippen LogP contribution in [0.15, 0.2) is 36.4 Å². The number of fused-ring (bicyclic) bond motifs is 2. The minimum absolute atomic E-state index is 0.0211. The van der Waals surface area contributed by atoms with Gasteiger partial charge in [-0.15, -0.1) is 0 Å². The molecular weight excluding hydrogens is 270 g/mol. The summed E-state index contributed by atoms with van der Waals surface area (Å²) in [5.41, 5.74) is 1.38. The molecule has 1 amide bonds. The number of allylic oxidation sites excluding steroid dienone is 2. The minimum atomic E-state index is -0.900. The van der Waals surface area contributed by atoms with E-state index in [0.717, 1.165) is 12.0 Å². The van der Waals surface area contributed by atoms with Crippen LogP contribution in [-0.2, 0) is 16.2 Å². The lowest BCUT2D eigenvalue weighted by atomic mass is 9.82. The summed E-state index contributed by atoms with van der Waals surface area (Å²) in [7, 11) is 0. The first-order valence-electron chi connectivity index (χ1n) is 7.02. The van der Waals surface area contributed by atoms with Gasteiger partial charge in [0.25, 0.3) is 0 Å². The van der Waals surface area contributed by atoms with E-state index in [2.05, 4.69) is 5.32 Å². The van der Waals surface area contributed by atoms with Crippen molar-refractivity contribution in [1.29, 1.82) is 0 Å². The number of hydrogen-bond acceptors (Lipinski definition) is 3. The average molecular weight is 287 g/mol. The number of anilines is 1. The molecule has 0 radical (unpaired) electrons. The Morgan fingerprint density at radius 1 is 1.10 bits per heavy atom. The summed E-state index contributed by atoms with van der Waals surface area (Å²) in [5, 5.41) is 21.1. The Hall–Kier alpha value is -2.14. The van der Waals surface area contributed by atoms with E-state index in [-0.39, 0.29) is 24.3 Å². The smallest absolute Gasteiger partial charge is 0.307 e. The predicted molar refractivity (Wildman–Crippen MR) is 76.3 cm³/mol. The summed E-state index contributed by atoms with van der Waals surface area (Å²) < 4.78 is 0. The van der Waals surface area contributed by atoms with E-state index >= 15 is 0 Å². The fourth-order valence-electron chi connectivity index (χ4n) is 3.44. The minimum Gasteiger partial charge on any atom is -0.481 e. The first-order chi connectivity index (χ1) is 10.1. The van der Waals surface area contributed by atoms with Crippen LogP contribution in [0.4, 0.5) is 5.69 Å². The molecular formula is C16H17NO4. The van der Waals surface area contributed by atoms with Crippen molar-refractivity contribution in [2.45, 2.75) is 13.0 Å². The van der Waals surface area contributed by atoms with Crippen molar-refractivity contribution in [2.75, 3.05) is 5.32 Å². The number of nitrogens with one attached hydrogen (secondary N) is 1. The molecule has 1 aromatic rings. The zero-order valence-corrected chi connectivity index (χ0v) is 11.4. The van der Waals surface area contributed by atoms with E-state index < -0.39 is 17.8 Å². The summed E-state index contributed by atoms with van der Waals surface area (Å²) in [5.74, 6) is -2.28. The highest BCUT2D eigenvalue weighted by molar-refractivity contribution is 5.96. The summed E-state index contributed by atoms with van der Waals surface area (Å²) in [6.07, 6.45) is 4.63. The van der Waals surface area contributed by atoms with Crippen LogP contribution < -0.4 is 5.32 Å². The zero-order chi connectivity index (χ0) is 15.0. The molecule has 1 fully saturated rings. The van der Waals surface area contributed by atoms with Gasteiger partial charge in [0, 0.05) is 5.69 Å². The number of aliphatic hydroxyl groups excluding tert-OH is 1. The van der Waals surface area contributed by atoms with Crippen molar-refractivity contribution in [3.05, 3.63) is 42.0 Å². The van der Waals surface area contributed by atoms with Gasteiger partial charge < -0.3 is 15.5 Å². The number of amides is 1. The van der Waals surface area contributed by atoms with Crippen LogP contribution in [-0.4, -0.2) is 22.1 Å². The van der Waals surface area contributed by atoms with Gasteiger partial charge in [0.1, 0.15) is 0 Å². The molecule has 3 rings (SSSR count). The number of aliphatic hydroxyl groups is 1. The molecule has 21 heavy (non-hydrogen) atoms. The highest BCUT2D eigenvalue weighted by Gasteiger charge is 2.51. The maximum absolute atomic E-state index is 12.4. The van der Waals surface area contributed by atoms with Crippen molar-refractivity contribution in [1.82, 2.24) is 0 Å². The Morgan fingerprint density at radius 3 is 2.29 bits per heavy atom. The number of carbonyl (C=O) groups is 2. The Bertz CT molecular complexity index is 593. The first kappa shape index (κ1) is 13.8. The van der Waals surface area contributed by atoms with E-state index in [0.29, 0.717) is 5.69 Å². The van der Waals surface area contributed by atoms with Crippen molar-refractivity contribution in [3.63, 3.8) is 0 Å². The molecule has 4 atom stereocenters. The normalized spacial score (nSPS) is 29.6. The van der Waals surface area contributed by atoms with Gasteiger partial charge in [-0.2, -0.15) is 0 Å².